The molecule has 3 unspecified atom stereocenters. The molecule has 1 N–H and O–H groups in total. The number of hydrogen-bond acceptors (Lipinski definition) is 2. The van der Waals surface area contributed by atoms with Crippen molar-refractivity contribution in [3.8, 4) is 0 Å². The largest absolute Gasteiger partial charge is 0.393 e. The van der Waals surface area contributed by atoms with Crippen molar-refractivity contribution in [2.75, 3.05) is 19.6 Å². The molecule has 19 heavy (non-hydrogen) atoms. The SMILES string of the molecule is CC(C)(C)C1CCCN(CC2CCCCC2O)CC1. The highest BCUT2D eigenvalue weighted by Gasteiger charge is 2.29. The molecule has 1 aliphatic carbocycles. The molecular weight excluding hydrogens is 234 g/mol. The zero-order valence-corrected chi connectivity index (χ0v) is 13.2. The van der Waals surface area contributed by atoms with Crippen LogP contribution < -0.4 is 0 Å². The van der Waals surface area contributed by atoms with Gasteiger partial charge in [-0.1, -0.05) is 33.6 Å². The number of aliphatic hydroxyl groups is 1. The molecule has 2 nitrogen and oxygen atoms in total. The molecule has 0 amide bonds. The van der Waals surface area contributed by atoms with Crippen LogP contribution in [0.3, 0.4) is 0 Å². The van der Waals surface area contributed by atoms with Crippen molar-refractivity contribution >= 4 is 0 Å². The van der Waals surface area contributed by atoms with E-state index in [-0.39, 0.29) is 6.10 Å². The predicted molar refractivity (Wildman–Crippen MR) is 81.2 cm³/mol. The van der Waals surface area contributed by atoms with Gasteiger partial charge >= 0.3 is 0 Å². The van der Waals surface area contributed by atoms with Crippen molar-refractivity contribution in [1.29, 1.82) is 0 Å². The quantitative estimate of drug-likeness (QED) is 0.825. The number of aliphatic hydroxyl groups excluding tert-OH is 1. The van der Waals surface area contributed by atoms with Gasteiger partial charge in [0.15, 0.2) is 0 Å². The fourth-order valence-electron chi connectivity index (χ4n) is 3.94. The summed E-state index contributed by atoms with van der Waals surface area (Å²) in [7, 11) is 0. The molecule has 0 bridgehead atoms. The van der Waals surface area contributed by atoms with E-state index in [0.29, 0.717) is 11.3 Å². The Hall–Kier alpha value is -0.0800. The van der Waals surface area contributed by atoms with Crippen molar-refractivity contribution in [2.45, 2.75) is 71.8 Å². The van der Waals surface area contributed by atoms with Gasteiger partial charge in [-0.25, -0.2) is 0 Å². The van der Waals surface area contributed by atoms with Crippen molar-refractivity contribution in [1.82, 2.24) is 4.90 Å². The van der Waals surface area contributed by atoms with Crippen LogP contribution in [0.1, 0.15) is 65.7 Å². The van der Waals surface area contributed by atoms with E-state index < -0.39 is 0 Å². The third-order valence-electron chi connectivity index (χ3n) is 5.41. The molecule has 3 atom stereocenters. The molecule has 1 heterocycles. The molecule has 0 aromatic heterocycles. The predicted octanol–water partition coefficient (Wildman–Crippen LogP) is 3.69. The normalized spacial score (nSPS) is 35.1. The minimum atomic E-state index is -0.0320. The zero-order valence-electron chi connectivity index (χ0n) is 13.2. The summed E-state index contributed by atoms with van der Waals surface area (Å²) in [6.45, 7) is 10.8. The standard InChI is InChI=1S/C17H33NO/c1-17(2,3)15-8-6-11-18(12-10-15)13-14-7-4-5-9-16(14)19/h14-16,19H,4-13H2,1-3H3. The third-order valence-corrected chi connectivity index (χ3v) is 5.41. The fourth-order valence-corrected chi connectivity index (χ4v) is 3.94. The van der Waals surface area contributed by atoms with Gasteiger partial charge in [0, 0.05) is 6.54 Å². The molecule has 112 valence electrons. The molecule has 0 aromatic rings. The summed E-state index contributed by atoms with van der Waals surface area (Å²) in [5.41, 5.74) is 0.459. The Morgan fingerprint density at radius 2 is 1.68 bits per heavy atom. The maximum Gasteiger partial charge on any atom is 0.0580 e. The molecule has 1 saturated carbocycles. The van der Waals surface area contributed by atoms with Crippen LogP contribution in [0.4, 0.5) is 0 Å². The second-order valence-corrected chi connectivity index (χ2v) is 7.91. The van der Waals surface area contributed by atoms with Gasteiger partial charge < -0.3 is 10.0 Å². The highest BCUT2D eigenvalue weighted by atomic mass is 16.3. The first-order valence-corrected chi connectivity index (χ1v) is 8.37. The lowest BCUT2D eigenvalue weighted by Gasteiger charge is -2.33. The third kappa shape index (κ3) is 4.46. The molecule has 0 aromatic carbocycles. The Kier molecular flexibility index (Phi) is 5.30. The minimum Gasteiger partial charge on any atom is -0.393 e. The Labute approximate surface area is 119 Å². The summed E-state index contributed by atoms with van der Waals surface area (Å²) in [5.74, 6) is 1.41. The van der Waals surface area contributed by atoms with E-state index >= 15 is 0 Å². The van der Waals surface area contributed by atoms with E-state index in [2.05, 4.69) is 25.7 Å². The topological polar surface area (TPSA) is 23.5 Å². The molecule has 1 saturated heterocycles. The summed E-state index contributed by atoms with van der Waals surface area (Å²) in [4.78, 5) is 2.63. The summed E-state index contributed by atoms with van der Waals surface area (Å²) in [6, 6.07) is 0. The zero-order chi connectivity index (χ0) is 13.9. The van der Waals surface area contributed by atoms with E-state index in [1.807, 2.05) is 0 Å². The average Bonchev–Trinajstić information content (AvgIpc) is 2.57. The minimum absolute atomic E-state index is 0.0320. The Bertz CT molecular complexity index is 271. The van der Waals surface area contributed by atoms with Gasteiger partial charge in [0.05, 0.1) is 6.10 Å². The molecule has 1 aliphatic heterocycles. The van der Waals surface area contributed by atoms with E-state index in [9.17, 15) is 5.11 Å². The van der Waals surface area contributed by atoms with Crippen LogP contribution in [-0.2, 0) is 0 Å². The van der Waals surface area contributed by atoms with Gasteiger partial charge in [-0.3, -0.25) is 0 Å². The van der Waals surface area contributed by atoms with Gasteiger partial charge in [0.1, 0.15) is 0 Å². The lowest BCUT2D eigenvalue weighted by atomic mass is 9.77. The molecular formula is C17H33NO. The van der Waals surface area contributed by atoms with E-state index in [1.54, 1.807) is 0 Å². The second kappa shape index (κ2) is 6.58. The molecule has 0 radical (unpaired) electrons. The maximum absolute atomic E-state index is 10.1. The summed E-state index contributed by atoms with van der Waals surface area (Å²) >= 11 is 0. The first-order chi connectivity index (χ1) is 8.97. The van der Waals surface area contributed by atoms with Crippen molar-refractivity contribution in [3.05, 3.63) is 0 Å². The van der Waals surface area contributed by atoms with Crippen molar-refractivity contribution < 1.29 is 5.11 Å². The highest BCUT2D eigenvalue weighted by molar-refractivity contribution is 4.82. The number of nitrogens with zero attached hydrogens (tertiary/aromatic N) is 1. The number of hydrogen-bond donors (Lipinski definition) is 1. The van der Waals surface area contributed by atoms with Crippen LogP contribution in [-0.4, -0.2) is 35.7 Å². The highest BCUT2D eigenvalue weighted by Crippen LogP contribution is 2.35. The van der Waals surface area contributed by atoms with Crippen LogP contribution >= 0.6 is 0 Å². The first kappa shape index (κ1) is 15.3. The van der Waals surface area contributed by atoms with Gasteiger partial charge in [-0.2, -0.15) is 0 Å². The fraction of sp³-hybridized carbons (Fsp3) is 1.00. The summed E-state index contributed by atoms with van der Waals surface area (Å²) < 4.78 is 0. The van der Waals surface area contributed by atoms with Crippen LogP contribution in [0.15, 0.2) is 0 Å². The van der Waals surface area contributed by atoms with E-state index in [1.165, 1.54) is 51.6 Å². The molecule has 2 heteroatoms. The van der Waals surface area contributed by atoms with Crippen LogP contribution in [0.25, 0.3) is 0 Å². The van der Waals surface area contributed by atoms with Gasteiger partial charge in [-0.05, 0) is 62.4 Å². The van der Waals surface area contributed by atoms with Gasteiger partial charge in [0.25, 0.3) is 0 Å². The number of rotatable bonds is 2. The van der Waals surface area contributed by atoms with Gasteiger partial charge in [-0.15, -0.1) is 0 Å². The van der Waals surface area contributed by atoms with E-state index in [0.717, 1.165) is 18.9 Å². The maximum atomic E-state index is 10.1. The van der Waals surface area contributed by atoms with Crippen LogP contribution in [0.2, 0.25) is 0 Å². The summed E-state index contributed by atoms with van der Waals surface area (Å²) in [6.07, 6.45) is 8.84. The van der Waals surface area contributed by atoms with Crippen molar-refractivity contribution in [2.24, 2.45) is 17.3 Å². The second-order valence-electron chi connectivity index (χ2n) is 7.91. The average molecular weight is 267 g/mol. The molecule has 0 spiro atoms. The molecule has 2 fully saturated rings. The lowest BCUT2D eigenvalue weighted by Crippen LogP contribution is -2.37. The smallest absolute Gasteiger partial charge is 0.0580 e. The van der Waals surface area contributed by atoms with Crippen molar-refractivity contribution in [3.63, 3.8) is 0 Å². The van der Waals surface area contributed by atoms with Gasteiger partial charge in [0.2, 0.25) is 0 Å². The summed E-state index contributed by atoms with van der Waals surface area (Å²) in [5, 5.41) is 10.1. The Morgan fingerprint density at radius 3 is 2.37 bits per heavy atom. The first-order valence-electron chi connectivity index (χ1n) is 8.37. The van der Waals surface area contributed by atoms with Crippen LogP contribution in [0, 0.1) is 17.3 Å². The van der Waals surface area contributed by atoms with Crippen LogP contribution in [0.5, 0.6) is 0 Å². The molecule has 2 aliphatic rings. The Balaban J connectivity index is 1.82. The Morgan fingerprint density at radius 1 is 0.947 bits per heavy atom. The monoisotopic (exact) mass is 267 g/mol. The van der Waals surface area contributed by atoms with E-state index in [4.69, 9.17) is 0 Å². The number of likely N-dealkylation sites (tertiary alicyclic amines) is 1. The molecule has 2 rings (SSSR count). The lowest BCUT2D eigenvalue weighted by molar-refractivity contribution is 0.0465.